The van der Waals surface area contributed by atoms with Crippen molar-refractivity contribution in [2.75, 3.05) is 27.3 Å². The quantitative estimate of drug-likeness (QED) is 0.736. The Balaban J connectivity index is 2.88. The first-order chi connectivity index (χ1) is 9.40. The van der Waals surface area contributed by atoms with E-state index in [1.54, 1.807) is 19.2 Å². The molecular weight excluding hydrogens is 344 g/mol. The van der Waals surface area contributed by atoms with Gasteiger partial charge in [0, 0.05) is 31.3 Å². The van der Waals surface area contributed by atoms with Crippen LogP contribution in [0.15, 0.2) is 27.6 Å². The van der Waals surface area contributed by atoms with E-state index in [0.717, 1.165) is 5.56 Å². The van der Waals surface area contributed by atoms with Gasteiger partial charge in [0.15, 0.2) is 0 Å². The highest BCUT2D eigenvalue weighted by atomic mass is 79.9. The molecule has 0 aliphatic heterocycles. The highest BCUT2D eigenvalue weighted by molar-refractivity contribution is 9.10. The number of nitrogens with one attached hydrogen (secondary N) is 2. The number of rotatable bonds is 8. The van der Waals surface area contributed by atoms with Crippen molar-refractivity contribution in [3.63, 3.8) is 0 Å². The summed E-state index contributed by atoms with van der Waals surface area (Å²) in [6, 6.07) is 5.30. The van der Waals surface area contributed by atoms with Gasteiger partial charge in [0.2, 0.25) is 10.0 Å². The molecule has 1 unspecified atom stereocenters. The molecule has 0 saturated carbocycles. The molecule has 0 aromatic heterocycles. The van der Waals surface area contributed by atoms with Crippen molar-refractivity contribution in [1.82, 2.24) is 10.0 Å². The lowest BCUT2D eigenvalue weighted by Gasteiger charge is -2.13. The van der Waals surface area contributed by atoms with Gasteiger partial charge in [0.1, 0.15) is 0 Å². The summed E-state index contributed by atoms with van der Waals surface area (Å²) in [4.78, 5) is 0.259. The van der Waals surface area contributed by atoms with Crippen LogP contribution in [-0.4, -0.2) is 35.7 Å². The molecule has 0 aliphatic carbocycles. The van der Waals surface area contributed by atoms with Gasteiger partial charge in [-0.1, -0.05) is 13.0 Å². The van der Waals surface area contributed by atoms with Gasteiger partial charge in [-0.25, -0.2) is 13.1 Å². The van der Waals surface area contributed by atoms with E-state index in [1.807, 2.05) is 20.0 Å². The lowest BCUT2D eigenvalue weighted by atomic mass is 10.2. The number of ether oxygens (including phenoxy) is 1. The van der Waals surface area contributed by atoms with E-state index in [-0.39, 0.29) is 10.8 Å². The third-order valence-electron chi connectivity index (χ3n) is 2.74. The Morgan fingerprint density at radius 2 is 2.10 bits per heavy atom. The number of halogens is 1. The maximum Gasteiger partial charge on any atom is 0.241 e. The average molecular weight is 365 g/mol. The molecule has 0 amide bonds. The van der Waals surface area contributed by atoms with E-state index in [0.29, 0.717) is 24.2 Å². The fourth-order valence-electron chi connectivity index (χ4n) is 1.74. The van der Waals surface area contributed by atoms with Crippen molar-refractivity contribution < 1.29 is 13.2 Å². The SMILES string of the molecule is CNCc1ccc(Br)c(S(=O)(=O)NCC(C)COC)c1. The molecule has 1 aromatic carbocycles. The summed E-state index contributed by atoms with van der Waals surface area (Å²) in [5.41, 5.74) is 0.918. The molecule has 0 spiro atoms. The smallest absolute Gasteiger partial charge is 0.241 e. The predicted molar refractivity (Wildman–Crippen MR) is 83.1 cm³/mol. The fraction of sp³-hybridized carbons (Fsp3) is 0.538. The Bertz CT molecular complexity index is 534. The lowest BCUT2D eigenvalue weighted by Crippen LogP contribution is -2.30. The number of hydrogen-bond donors (Lipinski definition) is 2. The zero-order chi connectivity index (χ0) is 15.2. The van der Waals surface area contributed by atoms with Gasteiger partial charge in [-0.15, -0.1) is 0 Å². The summed E-state index contributed by atoms with van der Waals surface area (Å²) in [5, 5.41) is 3.00. The first-order valence-corrected chi connectivity index (χ1v) is 8.60. The number of benzene rings is 1. The third kappa shape index (κ3) is 5.14. The van der Waals surface area contributed by atoms with Crippen LogP contribution in [0.25, 0.3) is 0 Å². The molecular formula is C13H21BrN2O3S. The van der Waals surface area contributed by atoms with Crippen LogP contribution in [0.4, 0.5) is 0 Å². The summed E-state index contributed by atoms with van der Waals surface area (Å²) in [5.74, 6) is 0.119. The van der Waals surface area contributed by atoms with Gasteiger partial charge >= 0.3 is 0 Å². The molecule has 0 saturated heterocycles. The molecule has 0 bridgehead atoms. The van der Waals surface area contributed by atoms with Crippen LogP contribution in [-0.2, 0) is 21.3 Å². The van der Waals surface area contributed by atoms with E-state index >= 15 is 0 Å². The van der Waals surface area contributed by atoms with Crippen LogP contribution >= 0.6 is 15.9 Å². The van der Waals surface area contributed by atoms with Gasteiger partial charge < -0.3 is 10.1 Å². The second-order valence-corrected chi connectivity index (χ2v) is 7.30. The normalized spacial score (nSPS) is 13.4. The Labute approximate surface area is 129 Å². The second kappa shape index (κ2) is 8.09. The monoisotopic (exact) mass is 364 g/mol. The molecule has 20 heavy (non-hydrogen) atoms. The molecule has 0 heterocycles. The van der Waals surface area contributed by atoms with Crippen LogP contribution in [0.5, 0.6) is 0 Å². The van der Waals surface area contributed by atoms with Crippen LogP contribution < -0.4 is 10.0 Å². The summed E-state index contributed by atoms with van der Waals surface area (Å²) in [7, 11) is -0.105. The van der Waals surface area contributed by atoms with Gasteiger partial charge in [-0.05, 0) is 46.6 Å². The minimum Gasteiger partial charge on any atom is -0.384 e. The Hall–Kier alpha value is -0.470. The number of hydrogen-bond acceptors (Lipinski definition) is 4. The topological polar surface area (TPSA) is 67.4 Å². The molecule has 0 aliphatic rings. The molecule has 114 valence electrons. The Morgan fingerprint density at radius 1 is 1.40 bits per heavy atom. The van der Waals surface area contributed by atoms with Gasteiger partial charge in [-0.2, -0.15) is 0 Å². The minimum absolute atomic E-state index is 0.119. The van der Waals surface area contributed by atoms with Crippen LogP contribution in [0, 0.1) is 5.92 Å². The van der Waals surface area contributed by atoms with Gasteiger partial charge in [0.05, 0.1) is 4.90 Å². The van der Waals surface area contributed by atoms with E-state index in [2.05, 4.69) is 26.0 Å². The highest BCUT2D eigenvalue weighted by Gasteiger charge is 2.18. The molecule has 7 heteroatoms. The molecule has 1 rings (SSSR count). The van der Waals surface area contributed by atoms with E-state index in [9.17, 15) is 8.42 Å². The minimum atomic E-state index is -3.53. The lowest BCUT2D eigenvalue weighted by molar-refractivity contribution is 0.161. The van der Waals surface area contributed by atoms with Crippen molar-refractivity contribution in [1.29, 1.82) is 0 Å². The largest absolute Gasteiger partial charge is 0.384 e. The maximum atomic E-state index is 12.3. The first kappa shape index (κ1) is 17.6. The van der Waals surface area contributed by atoms with Crippen molar-refractivity contribution in [3.8, 4) is 0 Å². The summed E-state index contributed by atoms with van der Waals surface area (Å²) < 4.78 is 32.8. The molecule has 0 fully saturated rings. The maximum absolute atomic E-state index is 12.3. The summed E-state index contributed by atoms with van der Waals surface area (Å²) in [6.45, 7) is 3.41. The molecule has 5 nitrogen and oxygen atoms in total. The van der Waals surface area contributed by atoms with Gasteiger partial charge in [0.25, 0.3) is 0 Å². The number of sulfonamides is 1. The van der Waals surface area contributed by atoms with Crippen molar-refractivity contribution in [3.05, 3.63) is 28.2 Å². The molecule has 1 aromatic rings. The van der Waals surface area contributed by atoms with Crippen LogP contribution in [0.3, 0.4) is 0 Å². The first-order valence-electron chi connectivity index (χ1n) is 6.32. The van der Waals surface area contributed by atoms with E-state index in [1.165, 1.54) is 0 Å². The van der Waals surface area contributed by atoms with Crippen molar-refractivity contribution in [2.24, 2.45) is 5.92 Å². The zero-order valence-electron chi connectivity index (χ0n) is 11.9. The van der Waals surface area contributed by atoms with Gasteiger partial charge in [-0.3, -0.25) is 0 Å². The molecule has 1 atom stereocenters. The standard InChI is InChI=1S/C13H21BrN2O3S/c1-10(9-19-3)7-16-20(17,18)13-6-11(8-15-2)4-5-12(13)14/h4-6,10,15-16H,7-9H2,1-3H3. The fourth-order valence-corrected chi connectivity index (χ4v) is 3.92. The Morgan fingerprint density at radius 3 is 2.70 bits per heavy atom. The van der Waals surface area contributed by atoms with E-state index < -0.39 is 10.0 Å². The average Bonchev–Trinajstić information content (AvgIpc) is 2.39. The Kier molecular flexibility index (Phi) is 7.11. The zero-order valence-corrected chi connectivity index (χ0v) is 14.3. The molecule has 0 radical (unpaired) electrons. The van der Waals surface area contributed by atoms with E-state index in [4.69, 9.17) is 4.74 Å². The summed E-state index contributed by atoms with van der Waals surface area (Å²) >= 11 is 3.29. The second-order valence-electron chi connectivity index (χ2n) is 4.71. The third-order valence-corrected chi connectivity index (χ3v) is 5.16. The van der Waals surface area contributed by atoms with Crippen molar-refractivity contribution in [2.45, 2.75) is 18.4 Å². The summed E-state index contributed by atoms with van der Waals surface area (Å²) in [6.07, 6.45) is 0. The van der Waals surface area contributed by atoms with Crippen LogP contribution in [0.2, 0.25) is 0 Å². The van der Waals surface area contributed by atoms with Crippen molar-refractivity contribution >= 4 is 26.0 Å². The van der Waals surface area contributed by atoms with Crippen LogP contribution in [0.1, 0.15) is 12.5 Å². The molecule has 2 N–H and O–H groups in total. The number of methoxy groups -OCH3 is 1. The highest BCUT2D eigenvalue weighted by Crippen LogP contribution is 2.23. The predicted octanol–water partition coefficient (Wildman–Crippen LogP) is 1.73.